The molecule has 160 valence electrons. The molecule has 1 aromatic heterocycles. The SMILES string of the molecule is O=C1NC[C@@H](C(=O)NC(c2cnc(OC(F)F)c(F)c2)c2ccc(F)c(Cl)c2F)N1. The predicted molar refractivity (Wildman–Crippen MR) is 92.5 cm³/mol. The minimum atomic E-state index is -3.33. The van der Waals surface area contributed by atoms with Crippen LogP contribution in [0.15, 0.2) is 24.4 Å². The first kappa shape index (κ1) is 21.6. The minimum absolute atomic E-state index is 0.0716. The Balaban J connectivity index is 1.99. The first-order valence-corrected chi connectivity index (χ1v) is 8.63. The van der Waals surface area contributed by atoms with E-state index < -0.39 is 59.0 Å². The molecule has 3 amide bonds. The van der Waals surface area contributed by atoms with Crippen molar-refractivity contribution >= 4 is 23.5 Å². The zero-order valence-corrected chi connectivity index (χ0v) is 15.4. The summed E-state index contributed by atoms with van der Waals surface area (Å²) in [5.74, 6) is -5.41. The lowest BCUT2D eigenvalue weighted by Crippen LogP contribution is -2.44. The Labute approximate surface area is 170 Å². The number of hydrogen-bond acceptors (Lipinski definition) is 4. The van der Waals surface area contributed by atoms with Crippen molar-refractivity contribution in [3.05, 3.63) is 58.0 Å². The highest BCUT2D eigenvalue weighted by atomic mass is 35.5. The molecular formula is C17H12ClF5N4O3. The number of urea groups is 1. The van der Waals surface area contributed by atoms with Crippen LogP contribution < -0.4 is 20.7 Å². The summed E-state index contributed by atoms with van der Waals surface area (Å²) in [7, 11) is 0. The molecule has 0 radical (unpaired) electrons. The third kappa shape index (κ3) is 4.53. The van der Waals surface area contributed by atoms with Crippen LogP contribution in [0.2, 0.25) is 5.02 Å². The maximum absolute atomic E-state index is 14.6. The molecule has 30 heavy (non-hydrogen) atoms. The standard InChI is InChI=1S/C17H12ClF5N4O3/c18-11-8(19)2-1-7(12(11)21)13(27-14(28)10-5-25-17(29)26-10)6-3-9(20)15(24-4-6)30-16(22)23/h1-4,10,13,16H,5H2,(H,27,28)(H2,25,26,29)/t10-,13?/m0/s1. The van der Waals surface area contributed by atoms with Crippen molar-refractivity contribution in [2.75, 3.05) is 6.54 Å². The zero-order chi connectivity index (χ0) is 22.0. The van der Waals surface area contributed by atoms with Crippen molar-refractivity contribution < 1.29 is 36.3 Å². The smallest absolute Gasteiger partial charge is 0.388 e. The molecule has 1 aromatic carbocycles. The van der Waals surface area contributed by atoms with Crippen LogP contribution in [0.4, 0.5) is 26.7 Å². The molecule has 1 fully saturated rings. The van der Waals surface area contributed by atoms with E-state index in [4.69, 9.17) is 11.6 Å². The van der Waals surface area contributed by atoms with Crippen LogP contribution >= 0.6 is 11.6 Å². The highest BCUT2D eigenvalue weighted by Gasteiger charge is 2.31. The molecule has 0 bridgehead atoms. The van der Waals surface area contributed by atoms with Gasteiger partial charge < -0.3 is 20.7 Å². The van der Waals surface area contributed by atoms with Gasteiger partial charge in [-0.15, -0.1) is 0 Å². The largest absolute Gasteiger partial charge is 0.414 e. The highest BCUT2D eigenvalue weighted by Crippen LogP contribution is 2.31. The summed E-state index contributed by atoms with van der Waals surface area (Å²) in [4.78, 5) is 27.1. The number of ether oxygens (including phenoxy) is 1. The summed E-state index contributed by atoms with van der Waals surface area (Å²) in [5, 5.41) is 6.16. The molecule has 1 unspecified atom stereocenters. The summed E-state index contributed by atoms with van der Waals surface area (Å²) >= 11 is 5.59. The zero-order valence-electron chi connectivity index (χ0n) is 14.7. The molecule has 7 nitrogen and oxygen atoms in total. The number of hydrogen-bond donors (Lipinski definition) is 3. The fraction of sp³-hybridized carbons (Fsp3) is 0.235. The third-order valence-electron chi connectivity index (χ3n) is 4.11. The van der Waals surface area contributed by atoms with Gasteiger partial charge in [-0.2, -0.15) is 8.78 Å². The molecule has 0 spiro atoms. The molecule has 1 aliphatic heterocycles. The maximum atomic E-state index is 14.6. The number of aromatic nitrogens is 1. The van der Waals surface area contributed by atoms with E-state index in [1.54, 1.807) is 0 Å². The number of pyridine rings is 1. The van der Waals surface area contributed by atoms with Crippen LogP contribution in [0.25, 0.3) is 0 Å². The number of nitrogens with one attached hydrogen (secondary N) is 3. The Hall–Kier alpha value is -3.15. The average molecular weight is 451 g/mol. The molecule has 1 saturated heterocycles. The lowest BCUT2D eigenvalue weighted by Gasteiger charge is -2.22. The third-order valence-corrected chi connectivity index (χ3v) is 4.46. The molecule has 2 heterocycles. The second-order valence-electron chi connectivity index (χ2n) is 6.05. The van der Waals surface area contributed by atoms with Gasteiger partial charge in [0.25, 0.3) is 5.88 Å². The van der Waals surface area contributed by atoms with E-state index in [2.05, 4.69) is 25.7 Å². The lowest BCUT2D eigenvalue weighted by atomic mass is 9.98. The molecule has 2 atom stereocenters. The summed E-state index contributed by atoms with van der Waals surface area (Å²) in [6, 6.07) is -0.596. The van der Waals surface area contributed by atoms with Crippen molar-refractivity contribution in [2.45, 2.75) is 18.7 Å². The molecule has 13 heteroatoms. The fourth-order valence-corrected chi connectivity index (χ4v) is 2.90. The molecule has 0 aliphatic carbocycles. The molecule has 3 rings (SSSR count). The van der Waals surface area contributed by atoms with Gasteiger partial charge in [0.05, 0.1) is 6.04 Å². The molecular weight excluding hydrogens is 439 g/mol. The summed E-state index contributed by atoms with van der Waals surface area (Å²) in [6.45, 7) is -3.40. The van der Waals surface area contributed by atoms with E-state index in [1.807, 2.05) is 0 Å². The lowest BCUT2D eigenvalue weighted by molar-refractivity contribution is -0.122. The Morgan fingerprint density at radius 3 is 2.60 bits per heavy atom. The number of benzene rings is 1. The number of nitrogens with zero attached hydrogens (tertiary/aromatic N) is 1. The van der Waals surface area contributed by atoms with Gasteiger partial charge in [-0.05, 0) is 12.1 Å². The van der Waals surface area contributed by atoms with Crippen molar-refractivity contribution in [1.82, 2.24) is 20.9 Å². The van der Waals surface area contributed by atoms with Crippen LogP contribution in [0, 0.1) is 17.5 Å². The molecule has 0 saturated carbocycles. The van der Waals surface area contributed by atoms with Gasteiger partial charge in [0.15, 0.2) is 5.82 Å². The number of halogens is 6. The van der Waals surface area contributed by atoms with Crippen LogP contribution in [-0.4, -0.2) is 36.1 Å². The van der Waals surface area contributed by atoms with E-state index in [1.165, 1.54) is 0 Å². The Bertz CT molecular complexity index is 994. The van der Waals surface area contributed by atoms with Gasteiger partial charge in [0.2, 0.25) is 5.91 Å². The second-order valence-corrected chi connectivity index (χ2v) is 6.43. The molecule has 2 aromatic rings. The van der Waals surface area contributed by atoms with Gasteiger partial charge in [0.1, 0.15) is 22.7 Å². The average Bonchev–Trinajstić information content (AvgIpc) is 3.12. The van der Waals surface area contributed by atoms with E-state index >= 15 is 0 Å². The topological polar surface area (TPSA) is 92.4 Å². The van der Waals surface area contributed by atoms with E-state index in [0.717, 1.165) is 18.3 Å². The monoisotopic (exact) mass is 450 g/mol. The van der Waals surface area contributed by atoms with Gasteiger partial charge in [-0.3, -0.25) is 4.79 Å². The van der Waals surface area contributed by atoms with Gasteiger partial charge in [0, 0.05) is 23.9 Å². The number of carbonyl (C=O) groups is 2. The normalized spacial score (nSPS) is 16.8. The Kier molecular flexibility index (Phi) is 6.25. The molecule has 3 N–H and O–H groups in total. The number of amides is 3. The van der Waals surface area contributed by atoms with E-state index in [9.17, 15) is 31.5 Å². The summed E-state index contributed by atoms with van der Waals surface area (Å²) in [5.41, 5.74) is -0.530. The minimum Gasteiger partial charge on any atom is -0.414 e. The number of carbonyl (C=O) groups excluding carboxylic acids is 2. The van der Waals surface area contributed by atoms with Crippen LogP contribution in [0.1, 0.15) is 17.2 Å². The van der Waals surface area contributed by atoms with Crippen LogP contribution in [-0.2, 0) is 4.79 Å². The van der Waals surface area contributed by atoms with Crippen LogP contribution in [0.3, 0.4) is 0 Å². The van der Waals surface area contributed by atoms with Crippen molar-refractivity contribution in [3.8, 4) is 5.88 Å². The van der Waals surface area contributed by atoms with Gasteiger partial charge in [-0.25, -0.2) is 22.9 Å². The quantitative estimate of drug-likeness (QED) is 0.466. The Morgan fingerprint density at radius 1 is 1.27 bits per heavy atom. The first-order chi connectivity index (χ1) is 14.2. The predicted octanol–water partition coefficient (Wildman–Crippen LogP) is 2.64. The van der Waals surface area contributed by atoms with Gasteiger partial charge >= 0.3 is 12.6 Å². The highest BCUT2D eigenvalue weighted by molar-refractivity contribution is 6.31. The first-order valence-electron chi connectivity index (χ1n) is 8.25. The maximum Gasteiger partial charge on any atom is 0.388 e. The van der Waals surface area contributed by atoms with Crippen molar-refractivity contribution in [3.63, 3.8) is 0 Å². The van der Waals surface area contributed by atoms with E-state index in [0.29, 0.717) is 6.07 Å². The van der Waals surface area contributed by atoms with Crippen LogP contribution in [0.5, 0.6) is 5.88 Å². The Morgan fingerprint density at radius 2 is 2.00 bits per heavy atom. The molecule has 1 aliphatic rings. The van der Waals surface area contributed by atoms with Crippen molar-refractivity contribution in [1.29, 1.82) is 0 Å². The number of rotatable bonds is 6. The van der Waals surface area contributed by atoms with E-state index in [-0.39, 0.29) is 17.7 Å². The summed E-state index contributed by atoms with van der Waals surface area (Å²) < 4.78 is 70.8. The number of alkyl halides is 2. The van der Waals surface area contributed by atoms with Gasteiger partial charge in [-0.1, -0.05) is 17.7 Å². The second kappa shape index (κ2) is 8.69. The fourth-order valence-electron chi connectivity index (χ4n) is 2.73. The summed E-state index contributed by atoms with van der Waals surface area (Å²) in [6.07, 6.45) is 0.869. The van der Waals surface area contributed by atoms with Crippen molar-refractivity contribution in [2.24, 2.45) is 0 Å².